The molecule has 3 aromatic rings. The Hall–Kier alpha value is -2.87. The predicted molar refractivity (Wildman–Crippen MR) is 126 cm³/mol. The molecular weight excluding hydrogens is 441 g/mol. The van der Waals surface area contributed by atoms with Gasteiger partial charge in [-0.2, -0.15) is 0 Å². The lowest BCUT2D eigenvalue weighted by molar-refractivity contribution is 0.102. The Labute approximate surface area is 197 Å². The lowest BCUT2D eigenvalue weighted by Crippen LogP contribution is -2.17. The van der Waals surface area contributed by atoms with Crippen molar-refractivity contribution < 1.29 is 18.7 Å². The summed E-state index contributed by atoms with van der Waals surface area (Å²) < 4.78 is 26.2. The second-order valence-electron chi connectivity index (χ2n) is 8.15. The van der Waals surface area contributed by atoms with Crippen LogP contribution in [-0.4, -0.2) is 40.5 Å². The van der Waals surface area contributed by atoms with E-state index in [1.54, 1.807) is 14.2 Å². The summed E-state index contributed by atoms with van der Waals surface area (Å²) in [5.41, 5.74) is 1.55. The van der Waals surface area contributed by atoms with Gasteiger partial charge in [0.25, 0.3) is 0 Å². The number of carbonyl (C=O) groups is 1. The van der Waals surface area contributed by atoms with E-state index in [0.717, 1.165) is 29.4 Å². The van der Waals surface area contributed by atoms with E-state index in [1.165, 1.54) is 55.3 Å². The molecule has 1 heterocycles. The third-order valence-electron chi connectivity index (χ3n) is 5.98. The summed E-state index contributed by atoms with van der Waals surface area (Å²) in [6.45, 7) is 0. The molecule has 2 aromatic carbocycles. The van der Waals surface area contributed by atoms with Gasteiger partial charge in [0.15, 0.2) is 22.4 Å². The van der Waals surface area contributed by atoms with E-state index in [0.29, 0.717) is 29.5 Å². The Bertz CT molecular complexity index is 1090. The quantitative estimate of drug-likeness (QED) is 0.304. The fraction of sp³-hybridized carbons (Fsp3) is 0.400. The van der Waals surface area contributed by atoms with E-state index in [9.17, 15) is 9.18 Å². The average Bonchev–Trinajstić information content (AvgIpc) is 3.25. The third-order valence-corrected chi connectivity index (χ3v) is 6.93. The van der Waals surface area contributed by atoms with Gasteiger partial charge in [-0.15, -0.1) is 10.2 Å². The minimum Gasteiger partial charge on any atom is -0.493 e. The van der Waals surface area contributed by atoms with Crippen molar-refractivity contribution in [2.45, 2.75) is 49.7 Å². The molecule has 0 saturated heterocycles. The van der Waals surface area contributed by atoms with E-state index >= 15 is 0 Å². The number of methoxy groups -OCH3 is 2. The first kappa shape index (κ1) is 23.3. The fourth-order valence-corrected chi connectivity index (χ4v) is 5.17. The predicted octanol–water partition coefficient (Wildman–Crippen LogP) is 5.51. The number of Topliss-reactive ketones (excluding diaryl/α,β-unsaturated/α-hetero) is 1. The van der Waals surface area contributed by atoms with E-state index < -0.39 is 0 Å². The Morgan fingerprint density at radius 3 is 2.45 bits per heavy atom. The van der Waals surface area contributed by atoms with Crippen molar-refractivity contribution in [3.8, 4) is 11.5 Å². The highest BCUT2D eigenvalue weighted by atomic mass is 32.2. The molecule has 1 aliphatic carbocycles. The maximum Gasteiger partial charge on any atom is 0.191 e. The Morgan fingerprint density at radius 1 is 1.03 bits per heavy atom. The maximum atomic E-state index is 13.2. The molecule has 1 saturated carbocycles. The van der Waals surface area contributed by atoms with Crippen molar-refractivity contribution in [2.24, 2.45) is 0 Å². The van der Waals surface area contributed by atoms with Gasteiger partial charge in [-0.1, -0.05) is 37.1 Å². The number of benzene rings is 2. The average molecular weight is 470 g/mol. The first-order valence-electron chi connectivity index (χ1n) is 11.1. The minimum absolute atomic E-state index is 0.0559. The number of ether oxygens (including phenoxy) is 2. The number of hydrogen-bond donors (Lipinski definition) is 0. The lowest BCUT2D eigenvalue weighted by atomic mass is 9.95. The molecule has 0 amide bonds. The Morgan fingerprint density at radius 2 is 1.76 bits per heavy atom. The van der Waals surface area contributed by atoms with Crippen LogP contribution in [0, 0.1) is 5.82 Å². The summed E-state index contributed by atoms with van der Waals surface area (Å²) >= 11 is 1.39. The summed E-state index contributed by atoms with van der Waals surface area (Å²) in [7, 11) is 3.24. The fourth-order valence-electron chi connectivity index (χ4n) is 4.25. The number of carbonyl (C=O) groups excluding carboxylic acids is 1. The van der Waals surface area contributed by atoms with E-state index in [-0.39, 0.29) is 17.4 Å². The zero-order valence-electron chi connectivity index (χ0n) is 18.9. The monoisotopic (exact) mass is 469 g/mol. The highest BCUT2D eigenvalue weighted by Gasteiger charge is 2.24. The second kappa shape index (κ2) is 10.8. The van der Waals surface area contributed by atoms with Gasteiger partial charge < -0.3 is 14.0 Å². The van der Waals surface area contributed by atoms with Crippen LogP contribution < -0.4 is 9.47 Å². The van der Waals surface area contributed by atoms with Gasteiger partial charge in [-0.05, 0) is 54.8 Å². The summed E-state index contributed by atoms with van der Waals surface area (Å²) in [6, 6.07) is 11.8. The molecule has 0 atom stereocenters. The van der Waals surface area contributed by atoms with Gasteiger partial charge in [0.1, 0.15) is 11.6 Å². The van der Waals surface area contributed by atoms with Crippen molar-refractivity contribution >= 4 is 17.5 Å². The maximum absolute atomic E-state index is 13.2. The molecule has 1 aromatic heterocycles. The third kappa shape index (κ3) is 5.55. The zero-order valence-corrected chi connectivity index (χ0v) is 19.7. The molecule has 0 radical (unpaired) electrons. The largest absolute Gasteiger partial charge is 0.493 e. The second-order valence-corrected chi connectivity index (χ2v) is 9.09. The first-order chi connectivity index (χ1) is 16.1. The number of hydrogen-bond acceptors (Lipinski definition) is 6. The topological polar surface area (TPSA) is 66.2 Å². The number of rotatable bonds is 9. The molecule has 0 N–H and O–H groups in total. The normalized spacial score (nSPS) is 14.3. The van der Waals surface area contributed by atoms with Crippen molar-refractivity contribution in [2.75, 3.05) is 20.0 Å². The van der Waals surface area contributed by atoms with Gasteiger partial charge in [0.05, 0.1) is 20.0 Å². The molecule has 1 aliphatic rings. The van der Waals surface area contributed by atoms with Crippen LogP contribution in [0.4, 0.5) is 4.39 Å². The zero-order chi connectivity index (χ0) is 23.2. The van der Waals surface area contributed by atoms with Gasteiger partial charge in [-0.3, -0.25) is 4.79 Å². The van der Waals surface area contributed by atoms with Crippen molar-refractivity contribution in [1.29, 1.82) is 0 Å². The van der Waals surface area contributed by atoms with Crippen LogP contribution in [0.5, 0.6) is 11.5 Å². The van der Waals surface area contributed by atoms with Crippen LogP contribution in [0.3, 0.4) is 0 Å². The SMILES string of the molecule is COc1ccc(Cc2nnc(SCC(=O)c3ccc(F)cc3)n2C2CCCCC2)cc1OC. The summed E-state index contributed by atoms with van der Waals surface area (Å²) in [5.74, 6) is 2.07. The highest BCUT2D eigenvalue weighted by molar-refractivity contribution is 7.99. The van der Waals surface area contributed by atoms with Gasteiger partial charge >= 0.3 is 0 Å². The molecule has 0 bridgehead atoms. The molecular formula is C25H28FN3O3S. The molecule has 0 unspecified atom stereocenters. The number of halogens is 1. The van der Waals surface area contributed by atoms with Crippen LogP contribution in [-0.2, 0) is 6.42 Å². The number of ketones is 1. The summed E-state index contributed by atoms with van der Waals surface area (Å²) in [5, 5.41) is 9.71. The Kier molecular flexibility index (Phi) is 7.65. The number of nitrogens with zero attached hydrogens (tertiary/aromatic N) is 3. The molecule has 1 fully saturated rings. The van der Waals surface area contributed by atoms with Crippen molar-refractivity contribution in [3.63, 3.8) is 0 Å². The van der Waals surface area contributed by atoms with E-state index in [4.69, 9.17) is 9.47 Å². The minimum atomic E-state index is -0.351. The van der Waals surface area contributed by atoms with E-state index in [2.05, 4.69) is 14.8 Å². The molecule has 0 spiro atoms. The van der Waals surface area contributed by atoms with Crippen LogP contribution in [0.25, 0.3) is 0 Å². The van der Waals surface area contributed by atoms with E-state index in [1.807, 2.05) is 18.2 Å². The van der Waals surface area contributed by atoms with Crippen molar-refractivity contribution in [1.82, 2.24) is 14.8 Å². The lowest BCUT2D eigenvalue weighted by Gasteiger charge is -2.25. The standard InChI is InChI=1S/C25H28FN3O3S/c1-31-22-13-8-17(14-23(22)32-2)15-24-27-28-25(29(24)20-6-4-3-5-7-20)33-16-21(30)18-9-11-19(26)12-10-18/h8-14,20H,3-7,15-16H2,1-2H3. The number of aromatic nitrogens is 3. The number of thioether (sulfide) groups is 1. The van der Waals surface area contributed by atoms with Gasteiger partial charge in [0.2, 0.25) is 0 Å². The van der Waals surface area contributed by atoms with Gasteiger partial charge in [0, 0.05) is 18.0 Å². The summed E-state index contributed by atoms with van der Waals surface area (Å²) in [6.07, 6.45) is 6.37. The van der Waals surface area contributed by atoms with Crippen molar-refractivity contribution in [3.05, 3.63) is 65.2 Å². The molecule has 0 aliphatic heterocycles. The molecule has 4 rings (SSSR count). The van der Waals surface area contributed by atoms with Crippen LogP contribution in [0.1, 0.15) is 59.9 Å². The summed E-state index contributed by atoms with van der Waals surface area (Å²) in [4.78, 5) is 12.6. The smallest absolute Gasteiger partial charge is 0.191 e. The Balaban J connectivity index is 1.56. The highest BCUT2D eigenvalue weighted by Crippen LogP contribution is 2.34. The van der Waals surface area contributed by atoms with Gasteiger partial charge in [-0.25, -0.2) is 4.39 Å². The van der Waals surface area contributed by atoms with Crippen LogP contribution in [0.15, 0.2) is 47.6 Å². The molecule has 6 nitrogen and oxygen atoms in total. The molecule has 174 valence electrons. The molecule has 8 heteroatoms. The first-order valence-corrected chi connectivity index (χ1v) is 12.1. The van der Waals surface area contributed by atoms with Crippen LogP contribution >= 0.6 is 11.8 Å². The molecule has 33 heavy (non-hydrogen) atoms. The van der Waals surface area contributed by atoms with Crippen LogP contribution in [0.2, 0.25) is 0 Å².